The first kappa shape index (κ1) is 15.8. The molecule has 0 fully saturated rings. The molecule has 2 aromatic carbocycles. The van der Waals surface area contributed by atoms with E-state index in [0.717, 1.165) is 5.56 Å². The van der Waals surface area contributed by atoms with Gasteiger partial charge in [0.15, 0.2) is 12.4 Å². The van der Waals surface area contributed by atoms with Crippen molar-refractivity contribution >= 4 is 28.9 Å². The van der Waals surface area contributed by atoms with Crippen molar-refractivity contribution in [3.8, 4) is 5.75 Å². The maximum Gasteiger partial charge on any atom is 0.310 e. The van der Waals surface area contributed by atoms with Crippen LogP contribution in [0.15, 0.2) is 42.5 Å². The quantitative estimate of drug-likeness (QED) is 0.674. The Balaban J connectivity index is 1.98. The van der Waals surface area contributed by atoms with Crippen molar-refractivity contribution in [2.75, 3.05) is 11.9 Å². The molecule has 0 aliphatic rings. The third-order valence-electron chi connectivity index (χ3n) is 2.88. The normalized spacial score (nSPS) is 10.1. The first-order chi connectivity index (χ1) is 10.5. The molecule has 0 heterocycles. The Bertz CT molecular complexity index is 718. The average molecular weight is 321 g/mol. The first-order valence-electron chi connectivity index (χ1n) is 6.39. The predicted octanol–water partition coefficient (Wildman–Crippen LogP) is 3.57. The zero-order valence-electron chi connectivity index (χ0n) is 11.7. The molecule has 1 N–H and O–H groups in total. The monoisotopic (exact) mass is 320 g/mol. The topological polar surface area (TPSA) is 81.5 Å². The predicted molar refractivity (Wildman–Crippen MR) is 83.4 cm³/mol. The molecule has 0 aliphatic heterocycles. The number of para-hydroxylation sites is 2. The molecule has 0 radical (unpaired) electrons. The van der Waals surface area contributed by atoms with Crippen LogP contribution in [0, 0.1) is 17.0 Å². The number of nitro groups is 1. The van der Waals surface area contributed by atoms with E-state index in [1.54, 1.807) is 24.3 Å². The molecule has 0 aromatic heterocycles. The molecule has 0 unspecified atom stereocenters. The smallest absolute Gasteiger partial charge is 0.310 e. The lowest BCUT2D eigenvalue weighted by Gasteiger charge is -2.08. The highest BCUT2D eigenvalue weighted by molar-refractivity contribution is 6.31. The Morgan fingerprint density at radius 3 is 2.73 bits per heavy atom. The number of carbonyl (C=O) groups is 1. The van der Waals surface area contributed by atoms with Gasteiger partial charge in [-0.3, -0.25) is 14.9 Å². The van der Waals surface area contributed by atoms with Gasteiger partial charge < -0.3 is 10.1 Å². The molecule has 0 saturated carbocycles. The number of rotatable bonds is 5. The lowest BCUT2D eigenvalue weighted by molar-refractivity contribution is -0.385. The Hall–Kier alpha value is -2.60. The Morgan fingerprint density at radius 1 is 1.32 bits per heavy atom. The minimum absolute atomic E-state index is 0.0459. The summed E-state index contributed by atoms with van der Waals surface area (Å²) < 4.78 is 5.20. The van der Waals surface area contributed by atoms with Crippen LogP contribution in [0.3, 0.4) is 0 Å². The van der Waals surface area contributed by atoms with Crippen LogP contribution in [0.5, 0.6) is 5.75 Å². The number of halogens is 1. The highest BCUT2D eigenvalue weighted by Gasteiger charge is 2.15. The summed E-state index contributed by atoms with van der Waals surface area (Å²) in [4.78, 5) is 22.1. The van der Waals surface area contributed by atoms with Crippen LogP contribution in [0.4, 0.5) is 11.4 Å². The van der Waals surface area contributed by atoms with Crippen LogP contribution in [0.1, 0.15) is 5.56 Å². The highest BCUT2D eigenvalue weighted by Crippen LogP contribution is 2.25. The lowest BCUT2D eigenvalue weighted by Crippen LogP contribution is -2.20. The van der Waals surface area contributed by atoms with E-state index in [2.05, 4.69) is 5.32 Å². The number of hydrogen-bond acceptors (Lipinski definition) is 4. The van der Waals surface area contributed by atoms with Gasteiger partial charge in [-0.25, -0.2) is 0 Å². The van der Waals surface area contributed by atoms with E-state index in [1.165, 1.54) is 18.2 Å². The third-order valence-corrected chi connectivity index (χ3v) is 3.28. The van der Waals surface area contributed by atoms with Gasteiger partial charge in [-0.2, -0.15) is 0 Å². The summed E-state index contributed by atoms with van der Waals surface area (Å²) in [5, 5.41) is 14.0. The van der Waals surface area contributed by atoms with Gasteiger partial charge in [0, 0.05) is 16.8 Å². The average Bonchev–Trinajstić information content (AvgIpc) is 2.49. The Labute approximate surface area is 131 Å². The van der Waals surface area contributed by atoms with E-state index in [1.807, 2.05) is 6.92 Å². The molecule has 2 aromatic rings. The summed E-state index contributed by atoms with van der Waals surface area (Å²) in [7, 11) is 0. The van der Waals surface area contributed by atoms with Crippen LogP contribution in [0.25, 0.3) is 0 Å². The number of nitrogens with zero attached hydrogens (tertiary/aromatic N) is 1. The highest BCUT2D eigenvalue weighted by atomic mass is 35.5. The molecule has 22 heavy (non-hydrogen) atoms. The fourth-order valence-corrected chi connectivity index (χ4v) is 1.92. The van der Waals surface area contributed by atoms with E-state index in [4.69, 9.17) is 16.3 Å². The standard InChI is InChI=1S/C15H13ClN2O4/c1-10-6-7-11(8-12(10)16)17-15(19)9-22-14-5-3-2-4-13(14)18(20)21/h2-8H,9H2,1H3,(H,17,19). The summed E-state index contributed by atoms with van der Waals surface area (Å²) in [5.74, 6) is -0.386. The van der Waals surface area contributed by atoms with Crippen LogP contribution >= 0.6 is 11.6 Å². The van der Waals surface area contributed by atoms with E-state index in [0.29, 0.717) is 10.7 Å². The summed E-state index contributed by atoms with van der Waals surface area (Å²) in [6, 6.07) is 11.0. The van der Waals surface area contributed by atoms with Crippen molar-refractivity contribution < 1.29 is 14.5 Å². The number of anilines is 1. The van der Waals surface area contributed by atoms with Gasteiger partial charge in [0.25, 0.3) is 5.91 Å². The van der Waals surface area contributed by atoms with E-state index in [-0.39, 0.29) is 18.0 Å². The number of nitrogens with one attached hydrogen (secondary N) is 1. The van der Waals surface area contributed by atoms with Gasteiger partial charge in [-0.1, -0.05) is 29.8 Å². The molecule has 7 heteroatoms. The fraction of sp³-hybridized carbons (Fsp3) is 0.133. The first-order valence-corrected chi connectivity index (χ1v) is 6.77. The maximum atomic E-state index is 11.8. The van der Waals surface area contributed by atoms with Crippen molar-refractivity contribution in [2.24, 2.45) is 0 Å². The van der Waals surface area contributed by atoms with Gasteiger partial charge in [0.1, 0.15) is 0 Å². The van der Waals surface area contributed by atoms with Crippen molar-refractivity contribution in [3.63, 3.8) is 0 Å². The number of hydrogen-bond donors (Lipinski definition) is 1. The zero-order chi connectivity index (χ0) is 16.1. The van der Waals surface area contributed by atoms with E-state index in [9.17, 15) is 14.9 Å². The fourth-order valence-electron chi connectivity index (χ4n) is 1.74. The molecule has 114 valence electrons. The molecular formula is C15H13ClN2O4. The molecule has 1 amide bonds. The van der Waals surface area contributed by atoms with Gasteiger partial charge in [0.2, 0.25) is 0 Å². The second-order valence-electron chi connectivity index (χ2n) is 4.53. The van der Waals surface area contributed by atoms with Crippen molar-refractivity contribution in [1.82, 2.24) is 0 Å². The summed E-state index contributed by atoms with van der Waals surface area (Å²) >= 11 is 5.97. The largest absolute Gasteiger partial charge is 0.477 e. The Morgan fingerprint density at radius 2 is 2.05 bits per heavy atom. The van der Waals surface area contributed by atoms with E-state index >= 15 is 0 Å². The SMILES string of the molecule is Cc1ccc(NC(=O)COc2ccccc2[N+](=O)[O-])cc1Cl. The van der Waals surface area contributed by atoms with Gasteiger partial charge in [-0.05, 0) is 30.7 Å². The minimum atomic E-state index is -0.563. The van der Waals surface area contributed by atoms with Crippen LogP contribution in [-0.2, 0) is 4.79 Å². The van der Waals surface area contributed by atoms with Crippen LogP contribution < -0.4 is 10.1 Å². The molecule has 2 rings (SSSR count). The third kappa shape index (κ3) is 3.95. The summed E-state index contributed by atoms with van der Waals surface area (Å²) in [6.45, 7) is 1.52. The summed E-state index contributed by atoms with van der Waals surface area (Å²) in [5.41, 5.74) is 1.25. The summed E-state index contributed by atoms with van der Waals surface area (Å²) in [6.07, 6.45) is 0. The number of ether oxygens (including phenoxy) is 1. The van der Waals surface area contributed by atoms with Gasteiger partial charge >= 0.3 is 5.69 Å². The molecule has 0 bridgehead atoms. The molecule has 0 atom stereocenters. The molecule has 0 aliphatic carbocycles. The Kier molecular flexibility index (Phi) is 4.95. The lowest BCUT2D eigenvalue weighted by atomic mass is 10.2. The van der Waals surface area contributed by atoms with Crippen molar-refractivity contribution in [1.29, 1.82) is 0 Å². The second-order valence-corrected chi connectivity index (χ2v) is 4.93. The number of aryl methyl sites for hydroxylation is 1. The molecular weight excluding hydrogens is 308 g/mol. The van der Waals surface area contributed by atoms with Gasteiger partial charge in [-0.15, -0.1) is 0 Å². The van der Waals surface area contributed by atoms with Crippen LogP contribution in [0.2, 0.25) is 5.02 Å². The van der Waals surface area contributed by atoms with Gasteiger partial charge in [0.05, 0.1) is 4.92 Å². The number of nitro benzene ring substituents is 1. The zero-order valence-corrected chi connectivity index (χ0v) is 12.5. The maximum absolute atomic E-state index is 11.8. The minimum Gasteiger partial charge on any atom is -0.477 e. The van der Waals surface area contributed by atoms with Crippen molar-refractivity contribution in [3.05, 3.63) is 63.2 Å². The number of benzene rings is 2. The van der Waals surface area contributed by atoms with Crippen molar-refractivity contribution in [2.45, 2.75) is 6.92 Å². The van der Waals surface area contributed by atoms with E-state index < -0.39 is 10.8 Å². The van der Waals surface area contributed by atoms with Crippen LogP contribution in [-0.4, -0.2) is 17.4 Å². The second kappa shape index (κ2) is 6.91. The number of carbonyl (C=O) groups excluding carboxylic acids is 1. The molecule has 0 saturated heterocycles. The molecule has 0 spiro atoms. The molecule has 6 nitrogen and oxygen atoms in total. The number of amides is 1.